The van der Waals surface area contributed by atoms with Crippen LogP contribution in [0.5, 0.6) is 0 Å². The molecule has 1 heterocycles. The lowest BCUT2D eigenvalue weighted by Gasteiger charge is -2.14. The smallest absolute Gasteiger partial charge is 0.331 e. The van der Waals surface area contributed by atoms with Crippen LogP contribution in [0.25, 0.3) is 0 Å². The fourth-order valence-electron chi connectivity index (χ4n) is 1.58. The predicted octanol–water partition coefficient (Wildman–Crippen LogP) is 4.06. The third kappa shape index (κ3) is 2.91. The maximum Gasteiger partial charge on any atom is 0.331 e. The second-order valence-corrected chi connectivity index (χ2v) is 5.98. The van der Waals surface area contributed by atoms with E-state index in [4.69, 9.17) is 0 Å². The van der Waals surface area contributed by atoms with Gasteiger partial charge in [0.2, 0.25) is 0 Å². The summed E-state index contributed by atoms with van der Waals surface area (Å²) < 4.78 is 0.948. The van der Waals surface area contributed by atoms with Crippen molar-refractivity contribution in [2.45, 2.75) is 13.0 Å². The van der Waals surface area contributed by atoms with Gasteiger partial charge in [0.1, 0.15) is 0 Å². The topological polar surface area (TPSA) is 49.3 Å². The summed E-state index contributed by atoms with van der Waals surface area (Å²) in [7, 11) is 0. The summed E-state index contributed by atoms with van der Waals surface area (Å²) in [5.41, 5.74) is 0.798. The van der Waals surface area contributed by atoms with Crippen molar-refractivity contribution < 1.29 is 9.90 Å². The van der Waals surface area contributed by atoms with Crippen LogP contribution >= 0.6 is 27.3 Å². The summed E-state index contributed by atoms with van der Waals surface area (Å²) in [6, 6.07) is 10.5. The van der Waals surface area contributed by atoms with E-state index in [0.29, 0.717) is 0 Å². The van der Waals surface area contributed by atoms with E-state index in [0.717, 1.165) is 19.9 Å². The van der Waals surface area contributed by atoms with E-state index in [9.17, 15) is 9.90 Å². The number of halogens is 1. The normalized spacial score (nSPS) is 12.1. The Kier molecular flexibility index (Phi) is 4.04. The van der Waals surface area contributed by atoms with E-state index in [1.54, 1.807) is 0 Å². The molecule has 0 aliphatic rings. The molecule has 0 aliphatic heterocycles. The molecule has 0 fully saturated rings. The van der Waals surface area contributed by atoms with Crippen LogP contribution in [-0.2, 0) is 4.79 Å². The lowest BCUT2D eigenvalue weighted by molar-refractivity contribution is -0.138. The Morgan fingerprint density at radius 3 is 2.56 bits per heavy atom. The fraction of sp³-hybridized carbons (Fsp3) is 0.154. The lowest BCUT2D eigenvalue weighted by Crippen LogP contribution is -2.19. The quantitative estimate of drug-likeness (QED) is 0.891. The number of aliphatic carboxylic acids is 1. The van der Waals surface area contributed by atoms with Crippen molar-refractivity contribution in [1.29, 1.82) is 0 Å². The van der Waals surface area contributed by atoms with Gasteiger partial charge in [0.05, 0.1) is 0 Å². The van der Waals surface area contributed by atoms with Gasteiger partial charge < -0.3 is 10.4 Å². The van der Waals surface area contributed by atoms with Gasteiger partial charge in [-0.25, -0.2) is 4.79 Å². The number of carbonyl (C=O) groups is 1. The minimum Gasteiger partial charge on any atom is -0.479 e. The van der Waals surface area contributed by atoms with E-state index in [1.165, 1.54) is 11.3 Å². The van der Waals surface area contributed by atoms with Crippen LogP contribution in [0.3, 0.4) is 0 Å². The van der Waals surface area contributed by atoms with Crippen LogP contribution in [0.4, 0.5) is 5.69 Å². The van der Waals surface area contributed by atoms with Crippen LogP contribution in [0, 0.1) is 6.92 Å². The largest absolute Gasteiger partial charge is 0.479 e. The van der Waals surface area contributed by atoms with Crippen molar-refractivity contribution in [3.63, 3.8) is 0 Å². The van der Waals surface area contributed by atoms with Crippen LogP contribution in [0.15, 0.2) is 40.9 Å². The Hall–Kier alpha value is -1.33. The van der Waals surface area contributed by atoms with Gasteiger partial charge in [-0.15, -0.1) is 11.3 Å². The third-order valence-corrected chi connectivity index (χ3v) is 4.69. The number of para-hydroxylation sites is 1. The summed E-state index contributed by atoms with van der Waals surface area (Å²) in [5.74, 6) is -0.882. The molecule has 1 unspecified atom stereocenters. The first-order chi connectivity index (χ1) is 8.58. The second-order valence-electron chi connectivity index (χ2n) is 3.83. The highest BCUT2D eigenvalue weighted by Gasteiger charge is 2.22. The average molecular weight is 326 g/mol. The van der Waals surface area contributed by atoms with Gasteiger partial charge >= 0.3 is 5.97 Å². The molecule has 0 bridgehead atoms. The van der Waals surface area contributed by atoms with Crippen LogP contribution in [-0.4, -0.2) is 11.1 Å². The molecule has 2 rings (SSSR count). The van der Waals surface area contributed by atoms with Crippen molar-refractivity contribution >= 4 is 38.9 Å². The van der Waals surface area contributed by atoms with E-state index in [2.05, 4.69) is 21.2 Å². The first kappa shape index (κ1) is 13.1. The first-order valence-corrected chi connectivity index (χ1v) is 6.99. The summed E-state index contributed by atoms with van der Waals surface area (Å²) >= 11 is 4.89. The highest BCUT2D eigenvalue weighted by molar-refractivity contribution is 9.10. The average Bonchev–Trinajstić information content (AvgIpc) is 2.67. The van der Waals surface area contributed by atoms with Gasteiger partial charge in [0.15, 0.2) is 6.04 Å². The standard InChI is InChI=1S/C13H12BrNO2S/c1-8-10(14)7-11(18-8)12(13(16)17)15-9-5-3-2-4-6-9/h2-7,12,15H,1H3,(H,16,17). The number of carboxylic acid groups (broad SMARTS) is 1. The monoisotopic (exact) mass is 325 g/mol. The number of thiophene rings is 1. The zero-order valence-corrected chi connectivity index (χ0v) is 12.1. The Labute approximate surface area is 118 Å². The molecule has 1 aromatic heterocycles. The highest BCUT2D eigenvalue weighted by Crippen LogP contribution is 2.32. The molecule has 1 aromatic carbocycles. The molecule has 1 atom stereocenters. The van der Waals surface area contributed by atoms with Crippen LogP contribution < -0.4 is 5.32 Å². The maximum atomic E-state index is 11.4. The van der Waals surface area contributed by atoms with E-state index in [1.807, 2.05) is 43.3 Å². The van der Waals surface area contributed by atoms with Crippen molar-refractivity contribution in [2.75, 3.05) is 5.32 Å². The summed E-state index contributed by atoms with van der Waals surface area (Å²) in [6.45, 7) is 1.96. The van der Waals surface area contributed by atoms with Gasteiger partial charge in [-0.1, -0.05) is 18.2 Å². The Morgan fingerprint density at radius 2 is 2.06 bits per heavy atom. The zero-order valence-electron chi connectivity index (χ0n) is 9.68. The van der Waals surface area contributed by atoms with Crippen molar-refractivity contribution in [1.82, 2.24) is 0 Å². The lowest BCUT2D eigenvalue weighted by atomic mass is 10.2. The molecule has 5 heteroatoms. The van der Waals surface area contributed by atoms with E-state index >= 15 is 0 Å². The fourth-order valence-corrected chi connectivity index (χ4v) is 3.18. The zero-order chi connectivity index (χ0) is 13.1. The Bertz CT molecular complexity index is 534. The van der Waals surface area contributed by atoms with Crippen molar-refractivity contribution in [2.24, 2.45) is 0 Å². The molecule has 18 heavy (non-hydrogen) atoms. The summed E-state index contributed by atoms with van der Waals surface area (Å²) in [6.07, 6.45) is 0. The third-order valence-electron chi connectivity index (χ3n) is 2.49. The second kappa shape index (κ2) is 5.54. The molecule has 0 spiro atoms. The van der Waals surface area contributed by atoms with Crippen LogP contribution in [0.2, 0.25) is 0 Å². The Morgan fingerprint density at radius 1 is 1.39 bits per heavy atom. The molecular weight excluding hydrogens is 314 g/mol. The minimum absolute atomic E-state index is 0.720. The molecule has 3 nitrogen and oxygen atoms in total. The van der Waals surface area contributed by atoms with Gasteiger partial charge in [-0.05, 0) is 41.1 Å². The molecule has 94 valence electrons. The van der Waals surface area contributed by atoms with E-state index < -0.39 is 12.0 Å². The molecule has 0 radical (unpaired) electrons. The number of hydrogen-bond acceptors (Lipinski definition) is 3. The number of benzene rings is 1. The van der Waals surface area contributed by atoms with Crippen molar-refractivity contribution in [3.8, 4) is 0 Å². The number of anilines is 1. The predicted molar refractivity (Wildman–Crippen MR) is 77.2 cm³/mol. The first-order valence-electron chi connectivity index (χ1n) is 5.38. The molecule has 2 aromatic rings. The molecule has 0 aliphatic carbocycles. The number of carboxylic acids is 1. The van der Waals surface area contributed by atoms with Gasteiger partial charge in [-0.3, -0.25) is 0 Å². The summed E-state index contributed by atoms with van der Waals surface area (Å²) in [4.78, 5) is 13.2. The Balaban J connectivity index is 2.27. The molecule has 0 amide bonds. The van der Waals surface area contributed by atoms with Crippen molar-refractivity contribution in [3.05, 3.63) is 50.6 Å². The maximum absolute atomic E-state index is 11.4. The number of hydrogen-bond donors (Lipinski definition) is 2. The minimum atomic E-state index is -0.882. The van der Waals surface area contributed by atoms with Gasteiger partial charge in [0.25, 0.3) is 0 Å². The molecular formula is C13H12BrNO2S. The number of nitrogens with one attached hydrogen (secondary N) is 1. The van der Waals surface area contributed by atoms with E-state index in [-0.39, 0.29) is 0 Å². The van der Waals surface area contributed by atoms with Gasteiger partial charge in [-0.2, -0.15) is 0 Å². The summed E-state index contributed by atoms with van der Waals surface area (Å²) in [5, 5.41) is 12.3. The van der Waals surface area contributed by atoms with Crippen LogP contribution in [0.1, 0.15) is 15.8 Å². The number of aryl methyl sites for hydroxylation is 1. The number of rotatable bonds is 4. The molecule has 0 saturated heterocycles. The highest BCUT2D eigenvalue weighted by atomic mass is 79.9. The molecule has 2 N–H and O–H groups in total. The molecule has 0 saturated carbocycles. The SMILES string of the molecule is Cc1sc(C(Nc2ccccc2)C(=O)O)cc1Br. The van der Waals surface area contributed by atoms with Gasteiger partial charge in [0, 0.05) is 19.9 Å².